The van der Waals surface area contributed by atoms with Crippen LogP contribution in [0.4, 0.5) is 9.59 Å². The topological polar surface area (TPSA) is 58.2 Å². The molecule has 0 aromatic rings. The van der Waals surface area contributed by atoms with Crippen LogP contribution in [0.2, 0.25) is 0 Å². The van der Waals surface area contributed by atoms with Gasteiger partial charge < -0.3 is 10.6 Å². The summed E-state index contributed by atoms with van der Waals surface area (Å²) in [7, 11) is 4.75. The Hall–Kier alpha value is -0.360. The molecule has 6 heteroatoms. The summed E-state index contributed by atoms with van der Waals surface area (Å²) in [6, 6.07) is 0. The molecule has 0 aromatic carbocycles. The Bertz CT molecular complexity index is 123. The van der Waals surface area contributed by atoms with Gasteiger partial charge in [-0.05, 0) is 0 Å². The molecule has 0 aliphatic rings. The van der Waals surface area contributed by atoms with Crippen molar-refractivity contribution < 1.29 is 9.59 Å². The molecule has 58 valence electrons. The first-order chi connectivity index (χ1) is 4.70. The first-order valence-corrected chi connectivity index (χ1v) is 4.63. The minimum Gasteiger partial charge on any atom is -0.349 e. The Morgan fingerprint density at radius 3 is 1.50 bits per heavy atom. The summed E-state index contributed by atoms with van der Waals surface area (Å²) in [5.74, 6) is 0. The maximum absolute atomic E-state index is 10.5. The predicted octanol–water partition coefficient (Wildman–Crippen LogP) is 1.05. The average molecular weight is 180 g/mol. The molecule has 2 N–H and O–H groups in total. The van der Waals surface area contributed by atoms with Crippen LogP contribution in [0.5, 0.6) is 0 Å². The van der Waals surface area contributed by atoms with Crippen LogP contribution < -0.4 is 10.6 Å². The van der Waals surface area contributed by atoms with Gasteiger partial charge in [-0.2, -0.15) is 0 Å². The minimum atomic E-state index is -0.228. The number of amides is 2. The molecule has 0 heterocycles. The highest BCUT2D eigenvalue weighted by Crippen LogP contribution is 2.21. The van der Waals surface area contributed by atoms with E-state index in [2.05, 4.69) is 10.6 Å². The zero-order valence-electron chi connectivity index (χ0n) is 5.63. The molecule has 0 atom stereocenters. The number of hydrogen-bond acceptors (Lipinski definition) is 4. The van der Waals surface area contributed by atoms with E-state index in [1.165, 1.54) is 14.1 Å². The summed E-state index contributed by atoms with van der Waals surface area (Å²) in [6.07, 6.45) is 0. The molecule has 0 spiro atoms. The molecule has 0 rings (SSSR count). The lowest BCUT2D eigenvalue weighted by atomic mass is 11.2. The third-order valence-corrected chi connectivity index (χ3v) is 2.55. The van der Waals surface area contributed by atoms with Crippen LogP contribution in [-0.2, 0) is 0 Å². The minimum absolute atomic E-state index is 0.228. The molecular formula is C4H8N2O2S2. The first kappa shape index (κ1) is 9.64. The standard InChI is InChI=1S/C4H8N2O2S2/c1-5-3(7)9-10-4(8)6-2/h1-2H3,(H,5,7)(H,6,8). The smallest absolute Gasteiger partial charge is 0.289 e. The van der Waals surface area contributed by atoms with Crippen LogP contribution in [0, 0.1) is 0 Å². The van der Waals surface area contributed by atoms with E-state index in [4.69, 9.17) is 0 Å². The Balaban J connectivity index is 3.35. The van der Waals surface area contributed by atoms with Crippen molar-refractivity contribution >= 4 is 32.1 Å². The number of nitrogens with one attached hydrogen (secondary N) is 2. The second kappa shape index (κ2) is 5.43. The van der Waals surface area contributed by atoms with Crippen molar-refractivity contribution in [3.63, 3.8) is 0 Å². The maximum atomic E-state index is 10.5. The van der Waals surface area contributed by atoms with Gasteiger partial charge in [0.15, 0.2) is 0 Å². The maximum Gasteiger partial charge on any atom is 0.289 e. The molecule has 0 aliphatic carbocycles. The van der Waals surface area contributed by atoms with Gasteiger partial charge in [-0.15, -0.1) is 0 Å². The summed E-state index contributed by atoms with van der Waals surface area (Å²) in [4.78, 5) is 21.0. The van der Waals surface area contributed by atoms with Crippen molar-refractivity contribution in [1.82, 2.24) is 10.6 Å². The summed E-state index contributed by atoms with van der Waals surface area (Å²) in [6.45, 7) is 0. The fourth-order valence-electron chi connectivity index (χ4n) is 0.159. The van der Waals surface area contributed by atoms with Crippen LogP contribution in [-0.4, -0.2) is 24.6 Å². The molecule has 0 saturated heterocycles. The van der Waals surface area contributed by atoms with Gasteiger partial charge in [-0.25, -0.2) is 0 Å². The lowest BCUT2D eigenvalue weighted by Gasteiger charge is -1.95. The molecule has 0 aliphatic heterocycles. The van der Waals surface area contributed by atoms with Gasteiger partial charge in [0.05, 0.1) is 0 Å². The summed E-state index contributed by atoms with van der Waals surface area (Å²) < 4.78 is 0. The van der Waals surface area contributed by atoms with Crippen molar-refractivity contribution in [1.29, 1.82) is 0 Å². The Labute approximate surface area is 66.9 Å². The van der Waals surface area contributed by atoms with Crippen LogP contribution in [0.1, 0.15) is 0 Å². The van der Waals surface area contributed by atoms with Gasteiger partial charge >= 0.3 is 0 Å². The van der Waals surface area contributed by atoms with Crippen LogP contribution >= 0.6 is 21.6 Å². The molecule has 4 nitrogen and oxygen atoms in total. The van der Waals surface area contributed by atoms with E-state index in [0.29, 0.717) is 0 Å². The monoisotopic (exact) mass is 180 g/mol. The second-order valence-electron chi connectivity index (χ2n) is 1.24. The van der Waals surface area contributed by atoms with Crippen molar-refractivity contribution in [2.75, 3.05) is 14.1 Å². The number of hydrogen-bond donors (Lipinski definition) is 2. The van der Waals surface area contributed by atoms with E-state index in [1.54, 1.807) is 0 Å². The highest BCUT2D eigenvalue weighted by Gasteiger charge is 2.03. The van der Waals surface area contributed by atoms with E-state index < -0.39 is 0 Å². The second-order valence-corrected chi connectivity index (χ2v) is 3.32. The fourth-order valence-corrected chi connectivity index (χ4v) is 1.43. The summed E-state index contributed by atoms with van der Waals surface area (Å²) in [5.41, 5.74) is 0. The first-order valence-electron chi connectivity index (χ1n) is 2.48. The van der Waals surface area contributed by atoms with Crippen LogP contribution in [0.3, 0.4) is 0 Å². The highest BCUT2D eigenvalue weighted by atomic mass is 33.1. The molecule has 0 bridgehead atoms. The molecule has 10 heavy (non-hydrogen) atoms. The van der Waals surface area contributed by atoms with Gasteiger partial charge in [0.1, 0.15) is 0 Å². The Kier molecular flexibility index (Phi) is 5.23. The molecule has 0 fully saturated rings. The predicted molar refractivity (Wildman–Crippen MR) is 44.1 cm³/mol. The lowest BCUT2D eigenvalue weighted by Crippen LogP contribution is -2.13. The fraction of sp³-hybridized carbons (Fsp3) is 0.500. The Morgan fingerprint density at radius 2 is 1.30 bits per heavy atom. The molecule has 0 aromatic heterocycles. The largest absolute Gasteiger partial charge is 0.349 e. The van der Waals surface area contributed by atoms with Gasteiger partial charge in [0.2, 0.25) is 0 Å². The van der Waals surface area contributed by atoms with Gasteiger partial charge in [0, 0.05) is 35.7 Å². The van der Waals surface area contributed by atoms with E-state index >= 15 is 0 Å². The molecule has 0 radical (unpaired) electrons. The van der Waals surface area contributed by atoms with Crippen molar-refractivity contribution in [3.8, 4) is 0 Å². The summed E-state index contributed by atoms with van der Waals surface area (Å²) in [5, 5.41) is 4.28. The number of carbonyl (C=O) groups is 2. The lowest BCUT2D eigenvalue weighted by molar-refractivity contribution is 0.261. The van der Waals surface area contributed by atoms with Gasteiger partial charge in [-0.1, -0.05) is 0 Å². The average Bonchev–Trinajstić information content (AvgIpc) is 1.99. The van der Waals surface area contributed by atoms with Gasteiger partial charge in [-0.3, -0.25) is 9.59 Å². The number of carbonyl (C=O) groups excluding carboxylic acids is 2. The van der Waals surface area contributed by atoms with Crippen molar-refractivity contribution in [2.45, 2.75) is 0 Å². The molecule has 0 saturated carbocycles. The molecule has 2 amide bonds. The quantitative estimate of drug-likeness (QED) is 0.547. The van der Waals surface area contributed by atoms with Crippen LogP contribution in [0.25, 0.3) is 0 Å². The van der Waals surface area contributed by atoms with E-state index in [-0.39, 0.29) is 10.5 Å². The van der Waals surface area contributed by atoms with E-state index in [0.717, 1.165) is 21.6 Å². The SMILES string of the molecule is CNC(=O)SSC(=O)NC. The third-order valence-electron chi connectivity index (χ3n) is 0.601. The van der Waals surface area contributed by atoms with Crippen molar-refractivity contribution in [2.24, 2.45) is 0 Å². The van der Waals surface area contributed by atoms with Crippen molar-refractivity contribution in [3.05, 3.63) is 0 Å². The third kappa shape index (κ3) is 4.51. The Morgan fingerprint density at radius 1 is 1.00 bits per heavy atom. The van der Waals surface area contributed by atoms with Gasteiger partial charge in [0.25, 0.3) is 10.5 Å². The van der Waals surface area contributed by atoms with E-state index in [9.17, 15) is 9.59 Å². The zero-order valence-corrected chi connectivity index (χ0v) is 7.27. The zero-order chi connectivity index (χ0) is 7.98. The highest BCUT2D eigenvalue weighted by molar-refractivity contribution is 8.87. The molecule has 0 unspecified atom stereocenters. The molecular weight excluding hydrogens is 172 g/mol. The summed E-state index contributed by atoms with van der Waals surface area (Å²) >= 11 is 0. The van der Waals surface area contributed by atoms with Crippen LogP contribution in [0.15, 0.2) is 0 Å². The number of rotatable bonds is 0. The van der Waals surface area contributed by atoms with E-state index in [1.807, 2.05) is 0 Å². The normalized spacial score (nSPS) is 8.60.